The Morgan fingerprint density at radius 1 is 0.297 bits per heavy atom. The number of amidine groups is 1. The summed E-state index contributed by atoms with van der Waals surface area (Å²) >= 11 is 3.05. The van der Waals surface area contributed by atoms with Crippen LogP contribution in [0.4, 0.5) is 5.69 Å². The molecule has 0 bridgehead atoms. The molecule has 0 fully saturated rings. The van der Waals surface area contributed by atoms with E-state index in [1.165, 1.54) is 156 Å². The predicted molar refractivity (Wildman–Crippen MR) is 420 cm³/mol. The van der Waals surface area contributed by atoms with Crippen molar-refractivity contribution < 1.29 is 24.3 Å². The van der Waals surface area contributed by atoms with E-state index in [9.17, 15) is 0 Å². The van der Waals surface area contributed by atoms with Gasteiger partial charge in [-0.05, 0) is 45.7 Å². The summed E-state index contributed by atoms with van der Waals surface area (Å²) in [6, 6.07) is 115. The van der Waals surface area contributed by atoms with Crippen LogP contribution in [-0.4, -0.2) is 31.4 Å². The third kappa shape index (κ3) is 8.02. The molecule has 0 N–H and O–H groups in total. The molecule has 6 nitrogen and oxygen atoms in total. The van der Waals surface area contributed by atoms with Gasteiger partial charge in [0.2, 0.25) is 5.95 Å². The molecule has 468 valence electrons. The maximum atomic E-state index is 5.57. The zero-order valence-electron chi connectivity index (χ0n) is 53.8. The topological polar surface area (TPSA) is 51.0 Å². The van der Waals surface area contributed by atoms with Gasteiger partial charge in [0.1, 0.15) is 0 Å². The van der Waals surface area contributed by atoms with Crippen LogP contribution in [0.2, 0.25) is 0 Å². The summed E-state index contributed by atoms with van der Waals surface area (Å²) < 4.78 is 13.7. The molecule has 20 aromatic rings. The van der Waals surface area contributed by atoms with Gasteiger partial charge in [0.05, 0.1) is 22.4 Å². The minimum absolute atomic E-state index is 0.640. The Kier molecular flexibility index (Phi) is 11.8. The fourth-order valence-electron chi connectivity index (χ4n) is 17.1. The Balaban J connectivity index is 0.801. The van der Waals surface area contributed by atoms with E-state index in [0.717, 1.165) is 60.0 Å². The number of fused-ring (bicyclic) bond motifs is 14. The Labute approximate surface area is 597 Å². The van der Waals surface area contributed by atoms with Gasteiger partial charge in [0, 0.05) is 37.5 Å². The van der Waals surface area contributed by atoms with E-state index >= 15 is 0 Å². The van der Waals surface area contributed by atoms with E-state index in [-0.39, 0.29) is 0 Å². The van der Waals surface area contributed by atoms with Crippen molar-refractivity contribution in [3.8, 4) is 89.8 Å². The number of rotatable bonds is 8. The number of hydrogen-bond donors (Lipinski definition) is 0. The van der Waals surface area contributed by atoms with Crippen molar-refractivity contribution >= 4 is 143 Å². The quantitative estimate of drug-likeness (QED) is 0.112. The summed E-state index contributed by atoms with van der Waals surface area (Å²) in [5.74, 6) is 1.63. The van der Waals surface area contributed by atoms with Gasteiger partial charge in [-0.15, -0.1) is 0 Å². The van der Waals surface area contributed by atoms with E-state index in [1.54, 1.807) is 0 Å². The average Bonchev–Trinajstić information content (AvgIpc) is 1.53. The Morgan fingerprint density at radius 2 is 0.832 bits per heavy atom. The van der Waals surface area contributed by atoms with E-state index in [4.69, 9.17) is 15.0 Å². The third-order valence-corrected chi connectivity index (χ3v) is 26.3. The van der Waals surface area contributed by atoms with Gasteiger partial charge >= 0.3 is 367 Å². The van der Waals surface area contributed by atoms with Gasteiger partial charge in [0.15, 0.2) is 0 Å². The normalized spacial score (nSPS) is 13.2. The molecule has 0 radical (unpaired) electrons. The first-order chi connectivity index (χ1) is 50.1. The van der Waals surface area contributed by atoms with Crippen molar-refractivity contribution in [2.24, 2.45) is 4.99 Å². The molecule has 1 aliphatic heterocycles. The van der Waals surface area contributed by atoms with E-state index in [1.807, 2.05) is 22.7 Å². The molecular formula is C92H51IN6S2. The van der Waals surface area contributed by atoms with Crippen LogP contribution in [-0.2, 0) is 0 Å². The summed E-state index contributed by atoms with van der Waals surface area (Å²) in [6.07, 6.45) is 0. The van der Waals surface area contributed by atoms with Gasteiger partial charge in [-0.1, -0.05) is 109 Å². The Morgan fingerprint density at radius 3 is 1.52 bits per heavy atom. The molecular weight excluding hydrogens is 1380 g/mol. The molecule has 0 atom stereocenters. The zero-order chi connectivity index (χ0) is 65.7. The van der Waals surface area contributed by atoms with Gasteiger partial charge in [-0.3, -0.25) is 4.57 Å². The molecule has 0 amide bonds. The van der Waals surface area contributed by atoms with E-state index in [2.05, 4.69) is 321 Å². The number of aliphatic imine (C=N–C) groups is 1. The first kappa shape index (κ1) is 55.9. The van der Waals surface area contributed by atoms with Crippen molar-refractivity contribution in [3.63, 3.8) is 0 Å². The van der Waals surface area contributed by atoms with Crippen LogP contribution < -0.4 is 21.5 Å². The van der Waals surface area contributed by atoms with Crippen LogP contribution in [0.25, 0.3) is 195 Å². The molecule has 2 aliphatic carbocycles. The van der Waals surface area contributed by atoms with Gasteiger partial charge < -0.3 is 0 Å². The molecule has 0 saturated carbocycles. The molecule has 9 heteroatoms. The van der Waals surface area contributed by atoms with E-state index < -0.39 is 21.5 Å². The number of benzene rings is 15. The second-order valence-electron chi connectivity index (χ2n) is 26.6. The van der Waals surface area contributed by atoms with Crippen LogP contribution >= 0.6 is 22.7 Å². The summed E-state index contributed by atoms with van der Waals surface area (Å²) in [7, 11) is 0. The van der Waals surface area contributed by atoms with Crippen LogP contribution in [0.3, 0.4) is 0 Å². The zero-order valence-corrected chi connectivity index (χ0v) is 57.6. The molecule has 6 heterocycles. The summed E-state index contributed by atoms with van der Waals surface area (Å²) in [5, 5.41) is 15.1. The van der Waals surface area contributed by atoms with Crippen molar-refractivity contribution in [1.82, 2.24) is 19.1 Å². The van der Waals surface area contributed by atoms with Gasteiger partial charge in [-0.2, -0.15) is 0 Å². The standard InChI is InChI=1S/C92H51IN6S2/c1-5-22-52(23-6-1)70-49-71(53-24-7-2-8-25-53)95-92(94-70)98-72-45-43-54-30-19-38-62-60-33-13-15-35-64(60)85-83-68-44-42-57(46-77(68)101-79(83)51-75(98)89(85)86(72)80(54)62)69-48-73-87-81-63(39-21-40-66(69)81)61-34-14-16-36-65(61)84-82-67-37-17-18-41-76(67)100-78(82)50-74(88(84)87)97(73)58-31-20-32-59(47-58)99-91(56-28-11-4-12-29-56)96-90(93-99)55-26-9-3-10-27-55/h1-51H. The molecule has 3 aliphatic rings. The Bertz CT molecular complexity index is 7090. The molecule has 0 spiro atoms. The Hall–Kier alpha value is -12.0. The fraction of sp³-hybridized carbons (Fsp3) is 0. The molecule has 15 aromatic carbocycles. The number of nitrogens with zero attached hydrogens (tertiary/aromatic N) is 6. The molecule has 0 saturated heterocycles. The second kappa shape index (κ2) is 21.3. The van der Waals surface area contributed by atoms with Gasteiger partial charge in [0.25, 0.3) is 0 Å². The second-order valence-corrected chi connectivity index (χ2v) is 31.3. The molecule has 101 heavy (non-hydrogen) atoms. The summed E-state index contributed by atoms with van der Waals surface area (Å²) in [4.78, 5) is 16.6. The number of aromatic nitrogens is 4. The first-order valence-corrected chi connectivity index (χ1v) is 37.9. The van der Waals surface area contributed by atoms with Gasteiger partial charge in [-0.25, -0.2) is 9.97 Å². The molecule has 5 aromatic heterocycles. The third-order valence-electron chi connectivity index (χ3n) is 21.3. The monoisotopic (exact) mass is 1430 g/mol. The van der Waals surface area contributed by atoms with Crippen molar-refractivity contribution in [3.05, 3.63) is 321 Å². The maximum absolute atomic E-state index is 5.57. The number of halogens is 1. The van der Waals surface area contributed by atoms with Crippen LogP contribution in [0.5, 0.6) is 0 Å². The van der Waals surface area contributed by atoms with Crippen LogP contribution in [0, 0.1) is 0 Å². The predicted octanol–water partition coefficient (Wildman–Crippen LogP) is 21.6. The van der Waals surface area contributed by atoms with Crippen molar-refractivity contribution in [1.29, 1.82) is 0 Å². The number of hydrogen-bond acceptors (Lipinski definition) is 5. The number of thiophene rings is 2. The first-order valence-electron chi connectivity index (χ1n) is 34.2. The van der Waals surface area contributed by atoms with Crippen LogP contribution in [0.1, 0.15) is 11.1 Å². The molecule has 0 unspecified atom stereocenters. The minimum atomic E-state index is -0.740. The SMILES string of the molecule is c1ccc(C2=NC(c3ccccc3)=[N+](c3cccc(-n4c5cc6sc7ccccc7c6c6c5c5c7c(cccc7c(-c7ccc8c(c7)sc7cc9c%10c(c78)-c7ccccc7-c7cccc8ccc(c%10c78)n9-c7nc(-c8ccccc8)cc(-c8ccccc8)n7)cc54)-c4ccccc4-6)c3)[I-]2)cc1. The summed E-state index contributed by atoms with van der Waals surface area (Å²) in [6.45, 7) is 0. The van der Waals surface area contributed by atoms with E-state index in [0.29, 0.717) is 5.95 Å². The fourth-order valence-corrected chi connectivity index (χ4v) is 22.0. The average molecular weight is 1430 g/mol. The summed E-state index contributed by atoms with van der Waals surface area (Å²) in [5.41, 5.74) is 25.3. The van der Waals surface area contributed by atoms with Crippen LogP contribution in [0.15, 0.2) is 314 Å². The van der Waals surface area contributed by atoms with Crippen molar-refractivity contribution in [2.75, 3.05) is 0 Å². The molecule has 23 rings (SSSR count). The van der Waals surface area contributed by atoms with Crippen molar-refractivity contribution in [2.45, 2.75) is 0 Å².